The minimum absolute atomic E-state index is 0.210. The van der Waals surface area contributed by atoms with Gasteiger partial charge in [0, 0.05) is 40.7 Å². The lowest BCUT2D eigenvalue weighted by Gasteiger charge is -2.18. The van der Waals surface area contributed by atoms with Gasteiger partial charge >= 0.3 is 0 Å². The Labute approximate surface area is 146 Å². The first-order valence-corrected chi connectivity index (χ1v) is 9.70. The zero-order chi connectivity index (χ0) is 16.7. The summed E-state index contributed by atoms with van der Waals surface area (Å²) in [7, 11) is 0. The van der Waals surface area contributed by atoms with Crippen molar-refractivity contribution in [1.29, 1.82) is 0 Å². The van der Waals surface area contributed by atoms with Crippen molar-refractivity contribution >= 4 is 17.2 Å². The Morgan fingerprint density at radius 1 is 1.21 bits per heavy atom. The Kier molecular flexibility index (Phi) is 4.12. The van der Waals surface area contributed by atoms with Crippen LogP contribution in [0, 0.1) is 13.8 Å². The van der Waals surface area contributed by atoms with Crippen molar-refractivity contribution in [3.63, 3.8) is 0 Å². The lowest BCUT2D eigenvalue weighted by Crippen LogP contribution is -2.29. The maximum atomic E-state index is 13.0. The molecule has 4 nitrogen and oxygen atoms in total. The van der Waals surface area contributed by atoms with Crippen LogP contribution in [-0.4, -0.2) is 33.9 Å². The van der Waals surface area contributed by atoms with Crippen molar-refractivity contribution in [2.75, 3.05) is 13.1 Å². The topological polar surface area (TPSA) is 46.1 Å². The van der Waals surface area contributed by atoms with Crippen molar-refractivity contribution in [2.45, 2.75) is 51.9 Å². The lowest BCUT2D eigenvalue weighted by atomic mass is 9.95. The van der Waals surface area contributed by atoms with Crippen LogP contribution in [0.1, 0.15) is 63.2 Å². The zero-order valence-electron chi connectivity index (χ0n) is 14.3. The smallest absolute Gasteiger partial charge is 0.255 e. The maximum absolute atomic E-state index is 13.0. The number of hydrogen-bond acceptors (Lipinski definition) is 4. The monoisotopic (exact) mass is 341 g/mol. The number of amides is 1. The van der Waals surface area contributed by atoms with Crippen molar-refractivity contribution in [1.82, 2.24) is 14.9 Å². The summed E-state index contributed by atoms with van der Waals surface area (Å²) in [6, 6.07) is 2.00. The molecule has 1 atom stereocenters. The second-order valence-electron chi connectivity index (χ2n) is 7.00. The molecule has 1 unspecified atom stereocenters. The van der Waals surface area contributed by atoms with E-state index < -0.39 is 0 Å². The first kappa shape index (κ1) is 15.8. The number of hydrogen-bond donors (Lipinski definition) is 0. The van der Waals surface area contributed by atoms with Gasteiger partial charge in [0.1, 0.15) is 5.82 Å². The van der Waals surface area contributed by atoms with Gasteiger partial charge in [0.25, 0.3) is 5.91 Å². The highest BCUT2D eigenvalue weighted by molar-refractivity contribution is 7.10. The molecule has 2 aromatic heterocycles. The molecule has 126 valence electrons. The average molecular weight is 341 g/mol. The molecule has 2 aliphatic rings. The highest BCUT2D eigenvalue weighted by Gasteiger charge is 2.32. The van der Waals surface area contributed by atoms with Crippen LogP contribution in [0.3, 0.4) is 0 Å². The van der Waals surface area contributed by atoms with Crippen LogP contribution in [0.5, 0.6) is 0 Å². The summed E-state index contributed by atoms with van der Waals surface area (Å²) >= 11 is 1.77. The second kappa shape index (κ2) is 6.28. The van der Waals surface area contributed by atoms with Crippen LogP contribution in [0.25, 0.3) is 0 Å². The van der Waals surface area contributed by atoms with Gasteiger partial charge in [-0.15, -0.1) is 11.3 Å². The third kappa shape index (κ3) is 2.86. The molecular weight excluding hydrogens is 318 g/mol. The minimum atomic E-state index is 0.210. The Balaban J connectivity index is 1.52. The van der Waals surface area contributed by atoms with E-state index in [1.165, 1.54) is 23.3 Å². The molecule has 0 radical (unpaired) electrons. The molecule has 0 spiro atoms. The van der Waals surface area contributed by atoms with Crippen molar-refractivity contribution < 1.29 is 4.79 Å². The van der Waals surface area contributed by atoms with Gasteiger partial charge in [-0.1, -0.05) is 0 Å². The predicted octanol–water partition coefficient (Wildman–Crippen LogP) is 3.66. The summed E-state index contributed by atoms with van der Waals surface area (Å²) in [5.74, 6) is 1.37. The molecule has 4 rings (SSSR count). The third-order valence-electron chi connectivity index (χ3n) is 5.13. The quantitative estimate of drug-likeness (QED) is 0.837. The van der Waals surface area contributed by atoms with Crippen LogP contribution in [0.2, 0.25) is 0 Å². The first-order chi connectivity index (χ1) is 11.6. The van der Waals surface area contributed by atoms with E-state index in [9.17, 15) is 4.79 Å². The number of thiophene rings is 1. The van der Waals surface area contributed by atoms with Gasteiger partial charge in [-0.05, 0) is 57.6 Å². The van der Waals surface area contributed by atoms with Crippen LogP contribution in [0.4, 0.5) is 0 Å². The van der Waals surface area contributed by atoms with E-state index >= 15 is 0 Å². The molecule has 2 aromatic rings. The maximum Gasteiger partial charge on any atom is 0.255 e. The van der Waals surface area contributed by atoms with Crippen LogP contribution < -0.4 is 0 Å². The fourth-order valence-corrected chi connectivity index (χ4v) is 5.05. The third-order valence-corrected chi connectivity index (χ3v) is 6.22. The van der Waals surface area contributed by atoms with Gasteiger partial charge in [0.2, 0.25) is 0 Å². The largest absolute Gasteiger partial charge is 0.338 e. The molecule has 1 amide bonds. The number of carbonyl (C=O) groups is 1. The molecule has 0 saturated carbocycles. The molecule has 1 fully saturated rings. The van der Waals surface area contributed by atoms with Crippen molar-refractivity contribution in [3.8, 4) is 0 Å². The second-order valence-corrected chi connectivity index (χ2v) is 7.97. The molecule has 0 bridgehead atoms. The fraction of sp³-hybridized carbons (Fsp3) is 0.526. The van der Waals surface area contributed by atoms with Crippen LogP contribution in [-0.2, 0) is 12.8 Å². The summed E-state index contributed by atoms with van der Waals surface area (Å²) in [5.41, 5.74) is 4.29. The standard InChI is InChI=1S/C19H23N3OS/c1-12-9-13(2)21-18(20-12)14-7-8-22(10-14)19(23)16-11-24-17-6-4-3-5-15(16)17/h9,11,14H,3-8,10H2,1-2H3. The molecule has 5 heteroatoms. The van der Waals surface area contributed by atoms with E-state index in [1.54, 1.807) is 11.3 Å². The van der Waals surface area contributed by atoms with Gasteiger partial charge in [-0.25, -0.2) is 9.97 Å². The number of aryl methyl sites for hydroxylation is 3. The fourth-order valence-electron chi connectivity index (χ4n) is 3.93. The van der Waals surface area contributed by atoms with Crippen molar-refractivity contribution in [2.24, 2.45) is 0 Å². The molecule has 1 saturated heterocycles. The molecule has 1 aliphatic heterocycles. The van der Waals surface area contributed by atoms with E-state index in [0.717, 1.165) is 55.1 Å². The molecular formula is C19H23N3OS. The van der Waals surface area contributed by atoms with Gasteiger partial charge in [-0.3, -0.25) is 4.79 Å². The Hall–Kier alpha value is -1.75. The van der Waals surface area contributed by atoms with E-state index in [-0.39, 0.29) is 11.8 Å². The SMILES string of the molecule is Cc1cc(C)nc(C2CCN(C(=O)c3csc4c3CCCC4)C2)n1. The first-order valence-electron chi connectivity index (χ1n) is 8.82. The number of fused-ring (bicyclic) bond motifs is 1. The zero-order valence-corrected chi connectivity index (χ0v) is 15.2. The molecule has 3 heterocycles. The molecule has 24 heavy (non-hydrogen) atoms. The van der Waals surface area contributed by atoms with Gasteiger partial charge in [-0.2, -0.15) is 0 Å². The summed E-state index contributed by atoms with van der Waals surface area (Å²) in [5, 5.41) is 2.08. The van der Waals surface area contributed by atoms with E-state index in [0.29, 0.717) is 0 Å². The van der Waals surface area contributed by atoms with Crippen LogP contribution >= 0.6 is 11.3 Å². The van der Waals surface area contributed by atoms with Crippen molar-refractivity contribution in [3.05, 3.63) is 44.7 Å². The number of carbonyl (C=O) groups excluding carboxylic acids is 1. The highest BCUT2D eigenvalue weighted by atomic mass is 32.1. The Morgan fingerprint density at radius 2 is 1.96 bits per heavy atom. The summed E-state index contributed by atoms with van der Waals surface area (Å²) < 4.78 is 0. The summed E-state index contributed by atoms with van der Waals surface area (Å²) in [4.78, 5) is 25.6. The summed E-state index contributed by atoms with van der Waals surface area (Å²) in [6.07, 6.45) is 5.64. The highest BCUT2D eigenvalue weighted by Crippen LogP contribution is 2.33. The molecule has 1 aliphatic carbocycles. The van der Waals surface area contributed by atoms with Gasteiger partial charge in [0.05, 0.1) is 5.56 Å². The Morgan fingerprint density at radius 3 is 2.75 bits per heavy atom. The lowest BCUT2D eigenvalue weighted by molar-refractivity contribution is 0.0790. The number of nitrogens with zero attached hydrogens (tertiary/aromatic N) is 3. The van der Waals surface area contributed by atoms with E-state index in [4.69, 9.17) is 0 Å². The number of rotatable bonds is 2. The Bertz CT molecular complexity index is 763. The number of likely N-dealkylation sites (tertiary alicyclic amines) is 1. The predicted molar refractivity (Wildman–Crippen MR) is 95.7 cm³/mol. The van der Waals surface area contributed by atoms with E-state index in [2.05, 4.69) is 15.3 Å². The van der Waals surface area contributed by atoms with Gasteiger partial charge < -0.3 is 4.90 Å². The molecule has 0 N–H and O–H groups in total. The molecule has 0 aromatic carbocycles. The average Bonchev–Trinajstić information content (AvgIpc) is 3.21. The van der Waals surface area contributed by atoms with E-state index in [1.807, 2.05) is 24.8 Å². The normalized spacial score (nSPS) is 20.2. The van der Waals surface area contributed by atoms with Gasteiger partial charge in [0.15, 0.2) is 0 Å². The number of aromatic nitrogens is 2. The summed E-state index contributed by atoms with van der Waals surface area (Å²) in [6.45, 7) is 5.57. The minimum Gasteiger partial charge on any atom is -0.338 e. The van der Waals surface area contributed by atoms with Crippen LogP contribution in [0.15, 0.2) is 11.4 Å².